The summed E-state index contributed by atoms with van der Waals surface area (Å²) in [6.45, 7) is 10.7. The maximum atomic E-state index is 12.4. The molecule has 3 saturated carbocycles. The summed E-state index contributed by atoms with van der Waals surface area (Å²) in [5.74, 6) is 1.19. The predicted octanol–water partition coefficient (Wildman–Crippen LogP) is 5.70. The molecular formula is C34H40N8O2. The number of aliphatic imine (C=N–C) groups is 2. The largest absolute Gasteiger partial charge is 0.494 e. The van der Waals surface area contributed by atoms with E-state index in [1.54, 1.807) is 20.1 Å². The molecule has 0 atom stereocenters. The Morgan fingerprint density at radius 2 is 1.91 bits per heavy atom. The van der Waals surface area contributed by atoms with E-state index < -0.39 is 0 Å². The number of fused-ring (bicyclic) bond motifs is 1. The maximum Gasteiger partial charge on any atom is 0.247 e. The van der Waals surface area contributed by atoms with E-state index in [1.165, 1.54) is 25.3 Å². The first-order valence-corrected chi connectivity index (χ1v) is 14.7. The van der Waals surface area contributed by atoms with Crippen LogP contribution >= 0.6 is 0 Å². The number of likely N-dealkylation sites (N-methyl/N-ethyl adjacent to an activating group) is 2. The lowest BCUT2D eigenvalue weighted by atomic mass is 9.49. The van der Waals surface area contributed by atoms with Crippen molar-refractivity contribution < 1.29 is 9.53 Å². The zero-order valence-electron chi connectivity index (χ0n) is 26.1. The number of benzene rings is 2. The molecule has 3 aromatic rings. The molecule has 10 heteroatoms. The van der Waals surface area contributed by atoms with Gasteiger partial charge in [-0.1, -0.05) is 24.8 Å². The Kier molecular flexibility index (Phi) is 8.61. The molecule has 10 nitrogen and oxygen atoms in total. The molecule has 1 aromatic heterocycles. The number of hydrogen-bond donors (Lipinski definition) is 2. The fraction of sp³-hybridized carbons (Fsp3) is 0.353. The van der Waals surface area contributed by atoms with E-state index in [9.17, 15) is 10.1 Å². The summed E-state index contributed by atoms with van der Waals surface area (Å²) >= 11 is 0. The molecule has 3 fully saturated rings. The average Bonchev–Trinajstić information content (AvgIpc) is 3.34. The van der Waals surface area contributed by atoms with Gasteiger partial charge in [0.25, 0.3) is 0 Å². The number of ether oxygens (including phenoxy) is 1. The number of rotatable bonds is 11. The lowest BCUT2D eigenvalue weighted by Crippen LogP contribution is -2.59. The van der Waals surface area contributed by atoms with Crippen LogP contribution in [0.25, 0.3) is 16.6 Å². The number of guanidine groups is 1. The molecule has 2 aromatic carbocycles. The molecule has 6 rings (SSSR count). The highest BCUT2D eigenvalue weighted by molar-refractivity contribution is 6.06. The minimum atomic E-state index is -0.339. The number of nitrogens with zero attached hydrogens (tertiary/aromatic N) is 6. The number of nitriles is 1. The molecule has 0 radical (unpaired) electrons. The molecule has 0 aliphatic heterocycles. The molecule has 3 aliphatic rings. The number of carbonyl (C=O) groups excluding carboxylic acids is 1. The fourth-order valence-electron chi connectivity index (χ4n) is 6.12. The van der Waals surface area contributed by atoms with Crippen molar-refractivity contribution in [1.82, 2.24) is 9.47 Å². The molecule has 3 aliphatic carbocycles. The maximum absolute atomic E-state index is 12.4. The molecule has 0 unspecified atom stereocenters. The van der Waals surface area contributed by atoms with Gasteiger partial charge in [0.1, 0.15) is 5.75 Å². The topological polar surface area (TPSA) is 110 Å². The van der Waals surface area contributed by atoms with E-state index in [-0.39, 0.29) is 17.4 Å². The van der Waals surface area contributed by atoms with Gasteiger partial charge in [0, 0.05) is 54.4 Å². The molecule has 2 N–H and O–H groups in total. The van der Waals surface area contributed by atoms with Crippen LogP contribution in [0, 0.1) is 17.2 Å². The van der Waals surface area contributed by atoms with Gasteiger partial charge in [-0.05, 0) is 71.1 Å². The van der Waals surface area contributed by atoms with Gasteiger partial charge in [-0.15, -0.1) is 0 Å². The number of anilines is 3. The number of nitrogens with one attached hydrogen (secondary N) is 2. The van der Waals surface area contributed by atoms with Crippen molar-refractivity contribution >= 4 is 52.2 Å². The minimum Gasteiger partial charge on any atom is -0.494 e. The molecular weight excluding hydrogens is 552 g/mol. The molecule has 1 heterocycles. The van der Waals surface area contributed by atoms with Crippen LogP contribution < -0.4 is 20.3 Å². The highest BCUT2D eigenvalue weighted by Gasteiger charge is 2.58. The second kappa shape index (κ2) is 12.4. The van der Waals surface area contributed by atoms with Crippen molar-refractivity contribution in [2.45, 2.75) is 31.7 Å². The Morgan fingerprint density at radius 3 is 2.50 bits per heavy atom. The second-order valence-electron chi connectivity index (χ2n) is 11.9. The van der Waals surface area contributed by atoms with Gasteiger partial charge >= 0.3 is 0 Å². The first kappa shape index (κ1) is 30.6. The van der Waals surface area contributed by atoms with Gasteiger partial charge in [0.2, 0.25) is 11.9 Å². The Bertz CT molecular complexity index is 1710. The van der Waals surface area contributed by atoms with Crippen LogP contribution in [0.4, 0.5) is 17.1 Å². The summed E-state index contributed by atoms with van der Waals surface area (Å²) in [4.78, 5) is 25.6. The van der Waals surface area contributed by atoms with Crippen molar-refractivity contribution in [3.63, 3.8) is 0 Å². The number of hydrogen-bond acceptors (Lipinski definition) is 6. The standard InChI is InChI=1S/C34H40N8O2/c1-8-31(43)37-26-15-27(30(44-7)16-29(26)41(6)14-13-40(4)5)38-33(36-3)39-32(22(2)20-35)25-21-42(34-17-23(18-34)19-34)28-12-10-9-11-24(25)28/h8-12,15-16,21,23H,1,3,13-14,17-19H2,2,4-7H3,(H,37,43)(H,38,39)/b32-22+. The Hall–Kier alpha value is -4.88. The molecule has 44 heavy (non-hydrogen) atoms. The van der Waals surface area contributed by atoms with Gasteiger partial charge in [-0.2, -0.15) is 5.26 Å². The van der Waals surface area contributed by atoms with E-state index in [0.29, 0.717) is 28.4 Å². The number of aromatic nitrogens is 1. The highest BCUT2D eigenvalue weighted by Crippen LogP contribution is 2.63. The van der Waals surface area contributed by atoms with Crippen LogP contribution in [0.2, 0.25) is 0 Å². The summed E-state index contributed by atoms with van der Waals surface area (Å²) in [7, 11) is 7.55. The Labute approximate surface area is 259 Å². The van der Waals surface area contributed by atoms with Crippen molar-refractivity contribution in [1.29, 1.82) is 5.26 Å². The van der Waals surface area contributed by atoms with Crippen LogP contribution in [-0.4, -0.2) is 69.4 Å². The average molecular weight is 593 g/mol. The number of carbonyl (C=O) groups is 1. The number of para-hydroxylation sites is 1. The van der Waals surface area contributed by atoms with Crippen LogP contribution in [0.3, 0.4) is 0 Å². The summed E-state index contributed by atoms with van der Waals surface area (Å²) in [5.41, 5.74) is 5.00. The van der Waals surface area contributed by atoms with E-state index in [2.05, 4.69) is 62.8 Å². The number of amides is 1. The van der Waals surface area contributed by atoms with Crippen molar-refractivity contribution in [2.75, 3.05) is 56.9 Å². The molecule has 228 valence electrons. The smallest absolute Gasteiger partial charge is 0.247 e. The quantitative estimate of drug-likeness (QED) is 0.128. The van der Waals surface area contributed by atoms with E-state index >= 15 is 0 Å². The Balaban J connectivity index is 1.56. The van der Waals surface area contributed by atoms with Crippen molar-refractivity contribution in [3.05, 3.63) is 66.4 Å². The van der Waals surface area contributed by atoms with Gasteiger partial charge < -0.3 is 29.7 Å². The van der Waals surface area contributed by atoms with Gasteiger partial charge in [-0.3, -0.25) is 4.79 Å². The minimum absolute atomic E-state index is 0.163. The van der Waals surface area contributed by atoms with Crippen LogP contribution in [0.1, 0.15) is 31.7 Å². The SMILES string of the molecule is C=CC(=O)Nc1cc(NC(N=C)=N/C(=C(\C)C#N)c2cn(C34CC(C3)C4)c3ccccc23)c(OC)cc1N(C)CCN(C)C. The summed E-state index contributed by atoms with van der Waals surface area (Å²) in [6.07, 6.45) is 6.94. The molecule has 2 bridgehead atoms. The lowest BCUT2D eigenvalue weighted by Gasteiger charge is -2.62. The number of methoxy groups -OCH3 is 1. The van der Waals surface area contributed by atoms with Crippen molar-refractivity contribution in [3.8, 4) is 11.8 Å². The third kappa shape index (κ3) is 5.71. The van der Waals surface area contributed by atoms with Gasteiger partial charge in [0.05, 0.1) is 41.5 Å². The van der Waals surface area contributed by atoms with Crippen molar-refractivity contribution in [2.24, 2.45) is 15.9 Å². The summed E-state index contributed by atoms with van der Waals surface area (Å²) in [5, 5.41) is 17.2. The van der Waals surface area contributed by atoms with Gasteiger partial charge in [-0.25, -0.2) is 9.98 Å². The van der Waals surface area contributed by atoms with Gasteiger partial charge in [0.15, 0.2) is 0 Å². The van der Waals surface area contributed by atoms with Crippen LogP contribution in [0.5, 0.6) is 5.75 Å². The summed E-state index contributed by atoms with van der Waals surface area (Å²) < 4.78 is 8.14. The molecule has 0 saturated heterocycles. The molecule has 0 spiro atoms. The van der Waals surface area contributed by atoms with E-state index in [4.69, 9.17) is 9.73 Å². The third-order valence-corrected chi connectivity index (χ3v) is 8.68. The summed E-state index contributed by atoms with van der Waals surface area (Å²) in [6, 6.07) is 14.2. The van der Waals surface area contributed by atoms with Crippen LogP contribution in [-0.2, 0) is 10.3 Å². The van der Waals surface area contributed by atoms with E-state index in [0.717, 1.165) is 41.2 Å². The lowest BCUT2D eigenvalue weighted by molar-refractivity contribution is -0.111. The van der Waals surface area contributed by atoms with Crippen LogP contribution in [0.15, 0.2) is 70.8 Å². The first-order valence-electron chi connectivity index (χ1n) is 14.7. The predicted molar refractivity (Wildman–Crippen MR) is 180 cm³/mol. The molecule has 1 amide bonds. The number of allylic oxidation sites excluding steroid dienone is 1. The zero-order valence-corrected chi connectivity index (χ0v) is 26.1. The van der Waals surface area contributed by atoms with E-state index in [1.807, 2.05) is 44.2 Å². The monoisotopic (exact) mass is 592 g/mol. The Morgan fingerprint density at radius 1 is 1.18 bits per heavy atom. The highest BCUT2D eigenvalue weighted by atomic mass is 16.5. The second-order valence-corrected chi connectivity index (χ2v) is 11.9. The first-order chi connectivity index (χ1) is 21.1. The normalized spacial score (nSPS) is 19.3. The fourth-order valence-corrected chi connectivity index (χ4v) is 6.12. The third-order valence-electron chi connectivity index (χ3n) is 8.68. The zero-order chi connectivity index (χ0) is 31.6.